The fourth-order valence-corrected chi connectivity index (χ4v) is 2.56. The monoisotopic (exact) mass is 247 g/mol. The average molecular weight is 247 g/mol. The maximum atomic E-state index is 9.26. The van der Waals surface area contributed by atoms with E-state index in [0.29, 0.717) is 17.8 Å². The summed E-state index contributed by atoms with van der Waals surface area (Å²) in [4.78, 5) is 0. The van der Waals surface area contributed by atoms with E-state index in [0.717, 1.165) is 12.3 Å². The second-order valence-electron chi connectivity index (χ2n) is 5.72. The Morgan fingerprint density at radius 1 is 1.28 bits per heavy atom. The van der Waals surface area contributed by atoms with Gasteiger partial charge >= 0.3 is 0 Å². The van der Waals surface area contributed by atoms with Crippen LogP contribution in [0.2, 0.25) is 0 Å². The zero-order valence-corrected chi connectivity index (χ0v) is 11.5. The molecule has 1 saturated carbocycles. The number of hydrogen-bond acceptors (Lipinski definition) is 2. The van der Waals surface area contributed by atoms with Gasteiger partial charge in [-0.15, -0.1) is 0 Å². The second-order valence-corrected chi connectivity index (χ2v) is 5.72. The normalized spacial score (nSPS) is 18.6. The van der Waals surface area contributed by atoms with Crippen LogP contribution in [0.3, 0.4) is 0 Å². The maximum absolute atomic E-state index is 9.26. The molecule has 2 rings (SSSR count). The molecule has 0 heterocycles. The minimum absolute atomic E-state index is 0.347. The van der Waals surface area contributed by atoms with Gasteiger partial charge in [-0.3, -0.25) is 0 Å². The molecule has 0 amide bonds. The van der Waals surface area contributed by atoms with Crippen LogP contribution in [0.15, 0.2) is 24.3 Å². The SMILES string of the molecule is CCC(CC1CC1)NC(C)Cc1ccc(O)cc1. The van der Waals surface area contributed by atoms with Crippen molar-refractivity contribution < 1.29 is 5.11 Å². The van der Waals surface area contributed by atoms with Crippen LogP contribution in [-0.4, -0.2) is 17.2 Å². The minimum atomic E-state index is 0.347. The summed E-state index contributed by atoms with van der Waals surface area (Å²) in [6.07, 6.45) is 6.46. The highest BCUT2D eigenvalue weighted by molar-refractivity contribution is 5.26. The fourth-order valence-electron chi connectivity index (χ4n) is 2.56. The summed E-state index contributed by atoms with van der Waals surface area (Å²) in [6, 6.07) is 8.72. The zero-order valence-electron chi connectivity index (χ0n) is 11.5. The largest absolute Gasteiger partial charge is 0.508 e. The maximum Gasteiger partial charge on any atom is 0.115 e. The lowest BCUT2D eigenvalue weighted by Crippen LogP contribution is -2.37. The number of phenols is 1. The number of aromatic hydroxyl groups is 1. The first-order valence-electron chi connectivity index (χ1n) is 7.21. The van der Waals surface area contributed by atoms with E-state index in [9.17, 15) is 5.11 Å². The molecule has 1 aliphatic carbocycles. The Hall–Kier alpha value is -1.02. The molecule has 2 unspecified atom stereocenters. The molecule has 0 spiro atoms. The Morgan fingerprint density at radius 3 is 2.50 bits per heavy atom. The second kappa shape index (κ2) is 6.24. The summed E-state index contributed by atoms with van der Waals surface area (Å²) < 4.78 is 0. The summed E-state index contributed by atoms with van der Waals surface area (Å²) in [7, 11) is 0. The highest BCUT2D eigenvalue weighted by Gasteiger charge is 2.25. The highest BCUT2D eigenvalue weighted by Crippen LogP contribution is 2.34. The summed E-state index contributed by atoms with van der Waals surface area (Å²) in [5.41, 5.74) is 1.29. The van der Waals surface area contributed by atoms with Crippen molar-refractivity contribution in [1.82, 2.24) is 5.32 Å². The standard InChI is InChI=1S/C16H25NO/c1-3-15(11-14-4-5-14)17-12(2)10-13-6-8-16(18)9-7-13/h6-9,12,14-15,17-18H,3-5,10-11H2,1-2H3. The molecular formula is C16H25NO. The lowest BCUT2D eigenvalue weighted by Gasteiger charge is -2.22. The van der Waals surface area contributed by atoms with Crippen molar-refractivity contribution in [3.63, 3.8) is 0 Å². The molecule has 18 heavy (non-hydrogen) atoms. The van der Waals surface area contributed by atoms with Crippen LogP contribution in [0.5, 0.6) is 5.75 Å². The van der Waals surface area contributed by atoms with E-state index in [1.807, 2.05) is 12.1 Å². The quantitative estimate of drug-likeness (QED) is 0.773. The van der Waals surface area contributed by atoms with E-state index < -0.39 is 0 Å². The molecular weight excluding hydrogens is 222 g/mol. The third kappa shape index (κ3) is 4.34. The van der Waals surface area contributed by atoms with Gasteiger partial charge in [0.05, 0.1) is 0 Å². The molecule has 0 saturated heterocycles. The molecule has 100 valence electrons. The Bertz CT molecular complexity index is 356. The lowest BCUT2D eigenvalue weighted by atomic mass is 10.0. The van der Waals surface area contributed by atoms with Crippen molar-refractivity contribution in [2.75, 3.05) is 0 Å². The third-order valence-electron chi connectivity index (χ3n) is 3.81. The molecule has 2 atom stereocenters. The molecule has 2 nitrogen and oxygen atoms in total. The predicted octanol–water partition coefficient (Wildman–Crippen LogP) is 3.49. The number of hydrogen-bond donors (Lipinski definition) is 2. The summed E-state index contributed by atoms with van der Waals surface area (Å²) in [6.45, 7) is 4.52. The molecule has 0 bridgehead atoms. The molecule has 2 N–H and O–H groups in total. The van der Waals surface area contributed by atoms with Gasteiger partial charge in [0, 0.05) is 12.1 Å². The van der Waals surface area contributed by atoms with Gasteiger partial charge in [-0.25, -0.2) is 0 Å². The van der Waals surface area contributed by atoms with E-state index in [4.69, 9.17) is 0 Å². The van der Waals surface area contributed by atoms with Crippen LogP contribution < -0.4 is 5.32 Å². The van der Waals surface area contributed by atoms with E-state index in [1.54, 1.807) is 12.1 Å². The van der Waals surface area contributed by atoms with E-state index >= 15 is 0 Å². The van der Waals surface area contributed by atoms with Gasteiger partial charge in [0.15, 0.2) is 0 Å². The smallest absolute Gasteiger partial charge is 0.115 e. The van der Waals surface area contributed by atoms with Crippen LogP contribution in [0.1, 0.15) is 45.1 Å². The van der Waals surface area contributed by atoms with Crippen LogP contribution in [0.25, 0.3) is 0 Å². The average Bonchev–Trinajstić information content (AvgIpc) is 3.15. The summed E-state index contributed by atoms with van der Waals surface area (Å²) >= 11 is 0. The molecule has 1 fully saturated rings. The first-order valence-corrected chi connectivity index (χ1v) is 7.21. The Morgan fingerprint density at radius 2 is 1.94 bits per heavy atom. The molecule has 1 aromatic rings. The molecule has 0 aliphatic heterocycles. The van der Waals surface area contributed by atoms with Gasteiger partial charge < -0.3 is 10.4 Å². The first-order chi connectivity index (χ1) is 8.67. The molecule has 2 heteroatoms. The van der Waals surface area contributed by atoms with E-state index in [-0.39, 0.29) is 0 Å². The van der Waals surface area contributed by atoms with Gasteiger partial charge in [0.25, 0.3) is 0 Å². The Balaban J connectivity index is 1.79. The topological polar surface area (TPSA) is 32.3 Å². The van der Waals surface area contributed by atoms with Crippen molar-refractivity contribution in [3.05, 3.63) is 29.8 Å². The van der Waals surface area contributed by atoms with Crippen LogP contribution >= 0.6 is 0 Å². The van der Waals surface area contributed by atoms with Crippen molar-refractivity contribution in [2.45, 2.75) is 58.0 Å². The van der Waals surface area contributed by atoms with Crippen molar-refractivity contribution >= 4 is 0 Å². The van der Waals surface area contributed by atoms with E-state index in [2.05, 4.69) is 19.2 Å². The third-order valence-corrected chi connectivity index (χ3v) is 3.81. The van der Waals surface area contributed by atoms with Crippen molar-refractivity contribution in [3.8, 4) is 5.75 Å². The molecule has 1 aromatic carbocycles. The number of phenolic OH excluding ortho intramolecular Hbond substituents is 1. The summed E-state index contributed by atoms with van der Waals surface area (Å²) in [5, 5.41) is 13.0. The van der Waals surface area contributed by atoms with Crippen LogP contribution in [-0.2, 0) is 6.42 Å². The summed E-state index contributed by atoms with van der Waals surface area (Å²) in [5.74, 6) is 1.34. The van der Waals surface area contributed by atoms with Gasteiger partial charge in [0.1, 0.15) is 5.75 Å². The zero-order chi connectivity index (χ0) is 13.0. The Labute approximate surface area is 110 Å². The molecule has 1 aliphatic rings. The number of benzene rings is 1. The van der Waals surface area contributed by atoms with Gasteiger partial charge in [0.2, 0.25) is 0 Å². The molecule has 0 radical (unpaired) electrons. The van der Waals surface area contributed by atoms with E-state index in [1.165, 1.54) is 31.2 Å². The van der Waals surface area contributed by atoms with Gasteiger partial charge in [-0.05, 0) is 49.8 Å². The fraction of sp³-hybridized carbons (Fsp3) is 0.625. The van der Waals surface area contributed by atoms with Gasteiger partial charge in [-0.1, -0.05) is 31.9 Å². The van der Waals surface area contributed by atoms with Crippen molar-refractivity contribution in [1.29, 1.82) is 0 Å². The number of rotatable bonds is 7. The lowest BCUT2D eigenvalue weighted by molar-refractivity contribution is 0.396. The van der Waals surface area contributed by atoms with Gasteiger partial charge in [-0.2, -0.15) is 0 Å². The number of nitrogens with one attached hydrogen (secondary N) is 1. The Kier molecular flexibility index (Phi) is 4.65. The van der Waals surface area contributed by atoms with Crippen LogP contribution in [0, 0.1) is 5.92 Å². The molecule has 0 aromatic heterocycles. The van der Waals surface area contributed by atoms with Crippen molar-refractivity contribution in [2.24, 2.45) is 5.92 Å². The predicted molar refractivity (Wildman–Crippen MR) is 75.8 cm³/mol. The minimum Gasteiger partial charge on any atom is -0.508 e. The first kappa shape index (κ1) is 13.4. The highest BCUT2D eigenvalue weighted by atomic mass is 16.3. The van der Waals surface area contributed by atoms with Crippen LogP contribution in [0.4, 0.5) is 0 Å².